The smallest absolute Gasteiger partial charge is 0.326 e. The van der Waals surface area contributed by atoms with Crippen molar-refractivity contribution in [2.45, 2.75) is 18.9 Å². The molecular formula is C13H17N3O4. The number of carboxylic acid groups (broad SMARTS) is 1. The number of carbonyl (C=O) groups is 3. The topological polar surface area (TPSA) is 122 Å². The number of hydrogen-bond acceptors (Lipinski definition) is 3. The number of benzene rings is 1. The molecule has 3 amide bonds. The van der Waals surface area contributed by atoms with Crippen LogP contribution >= 0.6 is 0 Å². The summed E-state index contributed by atoms with van der Waals surface area (Å²) in [7, 11) is 0. The maximum atomic E-state index is 11.5. The predicted molar refractivity (Wildman–Crippen MR) is 71.9 cm³/mol. The van der Waals surface area contributed by atoms with E-state index < -0.39 is 23.9 Å². The van der Waals surface area contributed by atoms with Crippen LogP contribution in [-0.2, 0) is 16.0 Å². The molecule has 0 heterocycles. The molecule has 0 aliphatic carbocycles. The van der Waals surface area contributed by atoms with Gasteiger partial charge in [-0.3, -0.25) is 4.79 Å². The lowest BCUT2D eigenvalue weighted by Gasteiger charge is -2.15. The molecule has 0 bridgehead atoms. The number of rotatable bonds is 7. The molecule has 108 valence electrons. The molecule has 5 N–H and O–H groups in total. The number of urea groups is 1. The van der Waals surface area contributed by atoms with Crippen LogP contribution in [0.5, 0.6) is 0 Å². The van der Waals surface area contributed by atoms with Crippen LogP contribution in [0.15, 0.2) is 30.3 Å². The number of amides is 3. The fourth-order valence-corrected chi connectivity index (χ4v) is 1.56. The first-order chi connectivity index (χ1) is 9.49. The number of nitrogens with one attached hydrogen (secondary N) is 2. The van der Waals surface area contributed by atoms with Gasteiger partial charge in [0.05, 0.1) is 0 Å². The van der Waals surface area contributed by atoms with Crippen molar-refractivity contribution in [3.63, 3.8) is 0 Å². The quantitative estimate of drug-likeness (QED) is 0.554. The molecule has 0 saturated heterocycles. The molecule has 0 spiro atoms. The van der Waals surface area contributed by atoms with Crippen molar-refractivity contribution in [3.05, 3.63) is 35.9 Å². The van der Waals surface area contributed by atoms with E-state index in [9.17, 15) is 14.4 Å². The Morgan fingerprint density at radius 2 is 1.85 bits per heavy atom. The number of primary amides is 1. The fourth-order valence-electron chi connectivity index (χ4n) is 1.56. The fraction of sp³-hybridized carbons (Fsp3) is 0.308. The Morgan fingerprint density at radius 1 is 1.20 bits per heavy atom. The Morgan fingerprint density at radius 3 is 2.40 bits per heavy atom. The van der Waals surface area contributed by atoms with E-state index in [1.54, 1.807) is 24.3 Å². The van der Waals surface area contributed by atoms with Gasteiger partial charge in [0, 0.05) is 19.4 Å². The summed E-state index contributed by atoms with van der Waals surface area (Å²) in [5.41, 5.74) is 5.73. The monoisotopic (exact) mass is 279 g/mol. The van der Waals surface area contributed by atoms with Gasteiger partial charge in [0.2, 0.25) is 5.91 Å². The highest BCUT2D eigenvalue weighted by Gasteiger charge is 2.20. The van der Waals surface area contributed by atoms with Crippen LogP contribution in [0.1, 0.15) is 12.0 Å². The maximum Gasteiger partial charge on any atom is 0.326 e. The van der Waals surface area contributed by atoms with Crippen molar-refractivity contribution < 1.29 is 19.5 Å². The SMILES string of the molecule is NC(=O)CCNC(=O)N[C@H](Cc1ccccc1)C(=O)O. The minimum atomic E-state index is -1.13. The van der Waals surface area contributed by atoms with Crippen LogP contribution in [0.3, 0.4) is 0 Å². The van der Waals surface area contributed by atoms with Crippen LogP contribution in [0.25, 0.3) is 0 Å². The number of aliphatic carboxylic acids is 1. The lowest BCUT2D eigenvalue weighted by atomic mass is 10.1. The Bertz CT molecular complexity index is 476. The molecule has 1 aromatic carbocycles. The molecule has 7 heteroatoms. The van der Waals surface area contributed by atoms with Crippen molar-refractivity contribution in [1.29, 1.82) is 0 Å². The van der Waals surface area contributed by atoms with E-state index in [-0.39, 0.29) is 19.4 Å². The minimum absolute atomic E-state index is 0.00381. The third kappa shape index (κ3) is 5.85. The van der Waals surface area contributed by atoms with Crippen LogP contribution in [0, 0.1) is 0 Å². The van der Waals surface area contributed by atoms with Gasteiger partial charge in [-0.1, -0.05) is 30.3 Å². The van der Waals surface area contributed by atoms with Crippen LogP contribution in [-0.4, -0.2) is 35.6 Å². The molecule has 7 nitrogen and oxygen atoms in total. The lowest BCUT2D eigenvalue weighted by Crippen LogP contribution is -2.47. The van der Waals surface area contributed by atoms with E-state index >= 15 is 0 Å². The van der Waals surface area contributed by atoms with Gasteiger partial charge in [0.15, 0.2) is 0 Å². The second-order valence-electron chi connectivity index (χ2n) is 4.20. The van der Waals surface area contributed by atoms with E-state index in [0.717, 1.165) is 5.56 Å². The highest BCUT2D eigenvalue weighted by molar-refractivity contribution is 5.83. The highest BCUT2D eigenvalue weighted by Crippen LogP contribution is 2.03. The molecule has 0 radical (unpaired) electrons. The van der Waals surface area contributed by atoms with Crippen LogP contribution < -0.4 is 16.4 Å². The summed E-state index contributed by atoms with van der Waals surface area (Å²) in [6.07, 6.45) is 0.184. The minimum Gasteiger partial charge on any atom is -0.480 e. The zero-order valence-corrected chi connectivity index (χ0v) is 10.8. The first-order valence-corrected chi connectivity index (χ1v) is 6.08. The van der Waals surface area contributed by atoms with Crippen molar-refractivity contribution in [1.82, 2.24) is 10.6 Å². The molecular weight excluding hydrogens is 262 g/mol. The average molecular weight is 279 g/mol. The zero-order chi connectivity index (χ0) is 15.0. The molecule has 0 aliphatic heterocycles. The van der Waals surface area contributed by atoms with Gasteiger partial charge in [-0.15, -0.1) is 0 Å². The largest absolute Gasteiger partial charge is 0.480 e. The molecule has 1 rings (SSSR count). The standard InChI is InChI=1S/C13H17N3O4/c14-11(17)6-7-15-13(20)16-10(12(18)19)8-9-4-2-1-3-5-9/h1-5,10H,6-8H2,(H2,14,17)(H,18,19)(H2,15,16,20)/t10-/m1/s1. The molecule has 1 atom stereocenters. The average Bonchev–Trinajstić information content (AvgIpc) is 2.38. The molecule has 20 heavy (non-hydrogen) atoms. The molecule has 0 saturated carbocycles. The number of nitrogens with two attached hydrogens (primary N) is 1. The Balaban J connectivity index is 2.49. The number of carbonyl (C=O) groups excluding carboxylic acids is 2. The van der Waals surface area contributed by atoms with Crippen molar-refractivity contribution >= 4 is 17.9 Å². The van der Waals surface area contributed by atoms with Gasteiger partial charge in [-0.05, 0) is 5.56 Å². The predicted octanol–water partition coefficient (Wildman–Crippen LogP) is -0.143. The third-order valence-electron chi connectivity index (χ3n) is 2.54. The molecule has 0 unspecified atom stereocenters. The van der Waals surface area contributed by atoms with E-state index in [1.807, 2.05) is 6.07 Å². The van der Waals surface area contributed by atoms with Crippen LogP contribution in [0.2, 0.25) is 0 Å². The van der Waals surface area contributed by atoms with Gasteiger partial charge in [0.1, 0.15) is 6.04 Å². The second-order valence-corrected chi connectivity index (χ2v) is 4.20. The lowest BCUT2D eigenvalue weighted by molar-refractivity contribution is -0.139. The van der Waals surface area contributed by atoms with E-state index in [4.69, 9.17) is 10.8 Å². The molecule has 1 aromatic rings. The zero-order valence-electron chi connectivity index (χ0n) is 10.8. The summed E-state index contributed by atoms with van der Waals surface area (Å²) < 4.78 is 0. The second kappa shape index (κ2) is 7.78. The molecule has 0 aromatic heterocycles. The third-order valence-corrected chi connectivity index (χ3v) is 2.54. The van der Waals surface area contributed by atoms with Gasteiger partial charge in [-0.2, -0.15) is 0 Å². The van der Waals surface area contributed by atoms with Crippen LogP contribution in [0.4, 0.5) is 4.79 Å². The van der Waals surface area contributed by atoms with Gasteiger partial charge < -0.3 is 21.5 Å². The Labute approximate surface area is 116 Å². The van der Waals surface area contributed by atoms with E-state index in [0.29, 0.717) is 0 Å². The van der Waals surface area contributed by atoms with Crippen molar-refractivity contribution in [3.8, 4) is 0 Å². The molecule has 0 fully saturated rings. The van der Waals surface area contributed by atoms with Gasteiger partial charge >= 0.3 is 12.0 Å². The van der Waals surface area contributed by atoms with Gasteiger partial charge in [0.25, 0.3) is 0 Å². The number of carboxylic acids is 1. The summed E-state index contributed by atoms with van der Waals surface area (Å²) >= 11 is 0. The van der Waals surface area contributed by atoms with E-state index in [2.05, 4.69) is 10.6 Å². The molecule has 0 aliphatic rings. The van der Waals surface area contributed by atoms with Crippen molar-refractivity contribution in [2.24, 2.45) is 5.73 Å². The van der Waals surface area contributed by atoms with E-state index in [1.165, 1.54) is 0 Å². The summed E-state index contributed by atoms with van der Waals surface area (Å²) in [5, 5.41) is 13.8. The Hall–Kier alpha value is -2.57. The summed E-state index contributed by atoms with van der Waals surface area (Å²) in [6.45, 7) is 0.0683. The summed E-state index contributed by atoms with van der Waals surface area (Å²) in [5.74, 6) is -1.66. The first kappa shape index (κ1) is 15.5. The first-order valence-electron chi connectivity index (χ1n) is 6.08. The maximum absolute atomic E-state index is 11.5. The summed E-state index contributed by atoms with van der Waals surface area (Å²) in [4.78, 5) is 33.1. The Kier molecular flexibility index (Phi) is 6.02. The van der Waals surface area contributed by atoms with Crippen molar-refractivity contribution in [2.75, 3.05) is 6.54 Å². The number of hydrogen-bond donors (Lipinski definition) is 4. The highest BCUT2D eigenvalue weighted by atomic mass is 16.4. The van der Waals surface area contributed by atoms with Gasteiger partial charge in [-0.25, -0.2) is 9.59 Å². The summed E-state index contributed by atoms with van der Waals surface area (Å²) in [6, 6.07) is 7.29. The normalized spacial score (nSPS) is 11.4.